The number of carboxylic acid groups (broad SMARTS) is 1. The Bertz CT molecular complexity index is 552. The number of nitrogens with one attached hydrogen (secondary N) is 1. The van der Waals surface area contributed by atoms with E-state index in [1.54, 1.807) is 31.2 Å². The first-order valence-electron chi connectivity index (χ1n) is 6.14. The lowest BCUT2D eigenvalue weighted by Crippen LogP contribution is -2.32. The van der Waals surface area contributed by atoms with Gasteiger partial charge in [-0.2, -0.15) is 0 Å². The minimum absolute atomic E-state index is 0.108. The molecule has 1 atom stereocenters. The summed E-state index contributed by atoms with van der Waals surface area (Å²) in [5.41, 5.74) is 0.801. The Morgan fingerprint density at radius 3 is 2.90 bits per heavy atom. The van der Waals surface area contributed by atoms with Crippen LogP contribution in [0.25, 0.3) is 6.08 Å². The van der Waals surface area contributed by atoms with Gasteiger partial charge in [0.2, 0.25) is 12.7 Å². The fraction of sp³-hybridized carbons (Fsp3) is 0.286. The van der Waals surface area contributed by atoms with E-state index >= 15 is 0 Å². The van der Waals surface area contributed by atoms with E-state index in [1.807, 2.05) is 0 Å². The molecule has 1 heterocycles. The van der Waals surface area contributed by atoms with E-state index in [4.69, 9.17) is 14.6 Å². The Hall–Kier alpha value is -2.50. The summed E-state index contributed by atoms with van der Waals surface area (Å²) < 4.78 is 10.4. The molecule has 0 bridgehead atoms. The van der Waals surface area contributed by atoms with Crippen molar-refractivity contribution in [2.24, 2.45) is 0 Å². The van der Waals surface area contributed by atoms with Crippen LogP contribution in [-0.4, -0.2) is 29.8 Å². The van der Waals surface area contributed by atoms with Crippen LogP contribution in [0.2, 0.25) is 0 Å². The molecule has 0 radical (unpaired) electrons. The van der Waals surface area contributed by atoms with Gasteiger partial charge < -0.3 is 19.9 Å². The van der Waals surface area contributed by atoms with Crippen LogP contribution in [-0.2, 0) is 9.59 Å². The fourth-order valence-corrected chi connectivity index (χ4v) is 1.79. The summed E-state index contributed by atoms with van der Waals surface area (Å²) in [5.74, 6) is 0.0439. The highest BCUT2D eigenvalue weighted by atomic mass is 16.7. The van der Waals surface area contributed by atoms with Crippen molar-refractivity contribution < 1.29 is 24.2 Å². The Morgan fingerprint density at radius 1 is 1.40 bits per heavy atom. The van der Waals surface area contributed by atoms with Crippen molar-refractivity contribution in [1.82, 2.24) is 5.32 Å². The van der Waals surface area contributed by atoms with Crippen LogP contribution in [0.1, 0.15) is 18.9 Å². The van der Waals surface area contributed by atoms with Gasteiger partial charge in [0.1, 0.15) is 0 Å². The summed E-state index contributed by atoms with van der Waals surface area (Å²) >= 11 is 0. The van der Waals surface area contributed by atoms with E-state index in [-0.39, 0.29) is 19.1 Å². The van der Waals surface area contributed by atoms with Gasteiger partial charge in [0.25, 0.3) is 0 Å². The second-order valence-corrected chi connectivity index (χ2v) is 4.45. The van der Waals surface area contributed by atoms with Crippen molar-refractivity contribution in [3.63, 3.8) is 0 Å². The molecule has 20 heavy (non-hydrogen) atoms. The number of ether oxygens (including phenoxy) is 2. The number of rotatable bonds is 5. The van der Waals surface area contributed by atoms with Gasteiger partial charge >= 0.3 is 5.97 Å². The SMILES string of the molecule is CC(CC(=O)O)NC(=O)/C=C/c1ccc2c(c1)OCO2. The normalized spacial score (nSPS) is 14.2. The number of aliphatic carboxylic acids is 1. The van der Waals surface area contributed by atoms with E-state index < -0.39 is 12.0 Å². The number of carboxylic acids is 1. The van der Waals surface area contributed by atoms with Gasteiger partial charge in [0, 0.05) is 12.1 Å². The van der Waals surface area contributed by atoms with Crippen LogP contribution in [0, 0.1) is 0 Å². The standard InChI is InChI=1S/C14H15NO5/c1-9(6-14(17)18)15-13(16)5-3-10-2-4-11-12(7-10)20-8-19-11/h2-5,7,9H,6,8H2,1H3,(H,15,16)(H,17,18)/b5-3+. The minimum Gasteiger partial charge on any atom is -0.481 e. The third kappa shape index (κ3) is 3.74. The molecule has 1 aliphatic heterocycles. The van der Waals surface area contributed by atoms with E-state index in [0.717, 1.165) is 5.56 Å². The largest absolute Gasteiger partial charge is 0.481 e. The Morgan fingerprint density at radius 2 is 2.15 bits per heavy atom. The molecule has 2 N–H and O–H groups in total. The summed E-state index contributed by atoms with van der Waals surface area (Å²) in [4.78, 5) is 22.1. The lowest BCUT2D eigenvalue weighted by Gasteiger charge is -2.08. The Kier molecular flexibility index (Phi) is 4.24. The van der Waals surface area contributed by atoms with Crippen molar-refractivity contribution in [3.05, 3.63) is 29.8 Å². The third-order valence-electron chi connectivity index (χ3n) is 2.69. The van der Waals surface area contributed by atoms with Gasteiger partial charge in [0.15, 0.2) is 11.5 Å². The summed E-state index contributed by atoms with van der Waals surface area (Å²) in [6.45, 7) is 1.84. The lowest BCUT2D eigenvalue weighted by molar-refractivity contribution is -0.137. The molecule has 6 heteroatoms. The maximum absolute atomic E-state index is 11.6. The van der Waals surface area contributed by atoms with Crippen molar-refractivity contribution in [3.8, 4) is 11.5 Å². The third-order valence-corrected chi connectivity index (χ3v) is 2.69. The van der Waals surface area contributed by atoms with E-state index in [2.05, 4.69) is 5.32 Å². The highest BCUT2D eigenvalue weighted by Crippen LogP contribution is 2.32. The van der Waals surface area contributed by atoms with Crippen LogP contribution in [0.4, 0.5) is 0 Å². The van der Waals surface area contributed by atoms with Gasteiger partial charge in [-0.25, -0.2) is 0 Å². The summed E-state index contributed by atoms with van der Waals surface area (Å²) in [6, 6.07) is 4.93. The average Bonchev–Trinajstić information content (AvgIpc) is 2.82. The lowest BCUT2D eigenvalue weighted by atomic mass is 10.2. The highest BCUT2D eigenvalue weighted by molar-refractivity contribution is 5.92. The van der Waals surface area contributed by atoms with Gasteiger partial charge in [-0.3, -0.25) is 9.59 Å². The zero-order valence-corrected chi connectivity index (χ0v) is 11.0. The summed E-state index contributed by atoms with van der Waals surface area (Å²) in [5, 5.41) is 11.2. The molecule has 1 aromatic carbocycles. The quantitative estimate of drug-likeness (QED) is 0.795. The van der Waals surface area contributed by atoms with Crippen LogP contribution in [0.3, 0.4) is 0 Å². The fourth-order valence-electron chi connectivity index (χ4n) is 1.79. The first-order chi connectivity index (χ1) is 9.54. The molecule has 1 aromatic rings. The molecule has 0 aliphatic carbocycles. The second-order valence-electron chi connectivity index (χ2n) is 4.45. The molecular weight excluding hydrogens is 262 g/mol. The topological polar surface area (TPSA) is 84.9 Å². The maximum atomic E-state index is 11.6. The minimum atomic E-state index is -0.947. The van der Waals surface area contributed by atoms with Gasteiger partial charge in [-0.15, -0.1) is 0 Å². The Labute approximate surface area is 116 Å². The molecule has 1 aliphatic rings. The van der Waals surface area contributed by atoms with Crippen molar-refractivity contribution in [2.45, 2.75) is 19.4 Å². The first kappa shape index (κ1) is 13.9. The smallest absolute Gasteiger partial charge is 0.305 e. The van der Waals surface area contributed by atoms with Crippen LogP contribution in [0.5, 0.6) is 11.5 Å². The number of carbonyl (C=O) groups excluding carboxylic acids is 1. The molecule has 0 aromatic heterocycles. The molecule has 6 nitrogen and oxygen atoms in total. The van der Waals surface area contributed by atoms with Gasteiger partial charge in [0.05, 0.1) is 6.42 Å². The van der Waals surface area contributed by atoms with Crippen LogP contribution < -0.4 is 14.8 Å². The average molecular weight is 277 g/mol. The van der Waals surface area contributed by atoms with Crippen molar-refractivity contribution >= 4 is 18.0 Å². The molecule has 0 saturated heterocycles. The van der Waals surface area contributed by atoms with E-state index in [9.17, 15) is 9.59 Å². The second kappa shape index (κ2) is 6.10. The molecule has 2 rings (SSSR count). The van der Waals surface area contributed by atoms with E-state index in [0.29, 0.717) is 11.5 Å². The number of hydrogen-bond acceptors (Lipinski definition) is 4. The van der Waals surface area contributed by atoms with E-state index in [1.165, 1.54) is 6.08 Å². The molecule has 0 spiro atoms. The zero-order valence-electron chi connectivity index (χ0n) is 11.0. The molecule has 1 amide bonds. The highest BCUT2D eigenvalue weighted by Gasteiger charge is 2.12. The Balaban J connectivity index is 1.92. The van der Waals surface area contributed by atoms with Crippen LogP contribution >= 0.6 is 0 Å². The van der Waals surface area contributed by atoms with Gasteiger partial charge in [-0.1, -0.05) is 6.07 Å². The summed E-state index contributed by atoms with van der Waals surface area (Å²) in [6.07, 6.45) is 2.88. The maximum Gasteiger partial charge on any atom is 0.305 e. The molecule has 106 valence electrons. The number of hydrogen-bond donors (Lipinski definition) is 2. The first-order valence-corrected chi connectivity index (χ1v) is 6.14. The van der Waals surface area contributed by atoms with Gasteiger partial charge in [-0.05, 0) is 30.7 Å². The van der Waals surface area contributed by atoms with Crippen LogP contribution in [0.15, 0.2) is 24.3 Å². The predicted molar refractivity (Wildman–Crippen MR) is 71.5 cm³/mol. The zero-order chi connectivity index (χ0) is 14.5. The molecule has 0 saturated carbocycles. The van der Waals surface area contributed by atoms with Crippen molar-refractivity contribution in [1.29, 1.82) is 0 Å². The molecule has 0 fully saturated rings. The monoisotopic (exact) mass is 277 g/mol. The summed E-state index contributed by atoms with van der Waals surface area (Å²) in [7, 11) is 0. The number of carbonyl (C=O) groups is 2. The number of amides is 1. The number of fused-ring (bicyclic) bond motifs is 1. The molecular formula is C14H15NO5. The van der Waals surface area contributed by atoms with Crippen molar-refractivity contribution in [2.75, 3.05) is 6.79 Å². The molecule has 1 unspecified atom stereocenters. The predicted octanol–water partition coefficient (Wildman–Crippen LogP) is 1.41. The number of benzene rings is 1.